The second-order valence-electron chi connectivity index (χ2n) is 4.82. The van der Waals surface area contributed by atoms with Crippen LogP contribution in [0, 0.1) is 0 Å². The zero-order chi connectivity index (χ0) is 14.6. The van der Waals surface area contributed by atoms with Gasteiger partial charge in [-0.05, 0) is 29.3 Å². The quantitative estimate of drug-likeness (QED) is 0.819. The third-order valence-electron chi connectivity index (χ3n) is 3.34. The molecule has 0 spiro atoms. The first-order chi connectivity index (χ1) is 9.53. The molecule has 2 aromatic rings. The van der Waals surface area contributed by atoms with Crippen molar-refractivity contribution in [1.29, 1.82) is 0 Å². The van der Waals surface area contributed by atoms with Crippen molar-refractivity contribution in [2.24, 2.45) is 0 Å². The third kappa shape index (κ3) is 3.45. The zero-order valence-electron chi connectivity index (χ0n) is 11.5. The Balaban J connectivity index is 2.17. The molecular formula is C16H18O3S. The molecule has 0 atom stereocenters. The van der Waals surface area contributed by atoms with Gasteiger partial charge in [0.25, 0.3) is 0 Å². The van der Waals surface area contributed by atoms with Crippen LogP contribution in [0.15, 0.2) is 47.4 Å². The van der Waals surface area contributed by atoms with Crippen LogP contribution in [0.25, 0.3) is 10.8 Å². The first kappa shape index (κ1) is 14.7. The van der Waals surface area contributed by atoms with Crippen LogP contribution in [0.2, 0.25) is 0 Å². The molecule has 0 bridgehead atoms. The van der Waals surface area contributed by atoms with E-state index in [9.17, 15) is 13.2 Å². The average Bonchev–Trinajstić information content (AvgIpc) is 2.46. The van der Waals surface area contributed by atoms with Crippen LogP contribution in [-0.4, -0.2) is 20.0 Å². The molecule has 0 saturated heterocycles. The second kappa shape index (κ2) is 6.18. The van der Waals surface area contributed by atoms with E-state index in [0.717, 1.165) is 10.8 Å². The molecule has 2 aromatic carbocycles. The fraction of sp³-hybridized carbons (Fsp3) is 0.312. The smallest absolute Gasteiger partial charge is 0.178 e. The number of benzene rings is 2. The van der Waals surface area contributed by atoms with Crippen molar-refractivity contribution in [1.82, 2.24) is 0 Å². The number of hydrogen-bond donors (Lipinski definition) is 0. The first-order valence-corrected chi connectivity index (χ1v) is 8.41. The lowest BCUT2D eigenvalue weighted by atomic mass is 10.1. The summed E-state index contributed by atoms with van der Waals surface area (Å²) in [6.07, 6.45) is 1.20. The molecule has 0 N–H and O–H groups in total. The number of Topliss-reactive ketones (excluding diaryl/α,β-unsaturated/α-hetero) is 1. The maximum absolute atomic E-state index is 12.2. The van der Waals surface area contributed by atoms with Gasteiger partial charge in [-0.1, -0.05) is 37.3 Å². The van der Waals surface area contributed by atoms with Gasteiger partial charge in [0.1, 0.15) is 5.78 Å². The summed E-state index contributed by atoms with van der Waals surface area (Å²) in [7, 11) is -3.31. The monoisotopic (exact) mass is 290 g/mol. The van der Waals surface area contributed by atoms with Gasteiger partial charge in [-0.15, -0.1) is 0 Å². The van der Waals surface area contributed by atoms with Gasteiger partial charge in [0.15, 0.2) is 9.84 Å². The maximum atomic E-state index is 12.2. The van der Waals surface area contributed by atoms with E-state index < -0.39 is 9.84 Å². The van der Waals surface area contributed by atoms with Gasteiger partial charge >= 0.3 is 0 Å². The molecule has 0 heterocycles. The van der Waals surface area contributed by atoms with Crippen LogP contribution >= 0.6 is 0 Å². The van der Waals surface area contributed by atoms with Crippen molar-refractivity contribution in [3.05, 3.63) is 42.5 Å². The van der Waals surface area contributed by atoms with E-state index in [1.54, 1.807) is 19.1 Å². The Morgan fingerprint density at radius 1 is 1.05 bits per heavy atom. The fourth-order valence-corrected chi connectivity index (χ4v) is 3.46. The Labute approximate surface area is 119 Å². The molecule has 0 aliphatic rings. The van der Waals surface area contributed by atoms with E-state index in [-0.39, 0.29) is 11.5 Å². The highest BCUT2D eigenvalue weighted by molar-refractivity contribution is 7.91. The number of ketones is 1. The van der Waals surface area contributed by atoms with Crippen LogP contribution in [-0.2, 0) is 14.6 Å². The zero-order valence-corrected chi connectivity index (χ0v) is 12.3. The van der Waals surface area contributed by atoms with Crippen molar-refractivity contribution in [2.45, 2.75) is 31.1 Å². The average molecular weight is 290 g/mol. The number of hydrogen-bond acceptors (Lipinski definition) is 3. The molecular weight excluding hydrogens is 272 g/mol. The maximum Gasteiger partial charge on any atom is 0.178 e. The normalized spacial score (nSPS) is 11.7. The van der Waals surface area contributed by atoms with Crippen LogP contribution in [0.1, 0.15) is 26.2 Å². The Morgan fingerprint density at radius 3 is 2.45 bits per heavy atom. The fourth-order valence-electron chi connectivity index (χ4n) is 2.11. The van der Waals surface area contributed by atoms with Gasteiger partial charge in [-0.25, -0.2) is 8.42 Å². The van der Waals surface area contributed by atoms with Gasteiger partial charge in [0.05, 0.1) is 10.6 Å². The third-order valence-corrected chi connectivity index (χ3v) is 5.14. The minimum absolute atomic E-state index is 0.0249. The Kier molecular flexibility index (Phi) is 4.55. The molecule has 0 aliphatic carbocycles. The van der Waals surface area contributed by atoms with Crippen LogP contribution < -0.4 is 0 Å². The van der Waals surface area contributed by atoms with E-state index in [2.05, 4.69) is 0 Å². The molecule has 20 heavy (non-hydrogen) atoms. The van der Waals surface area contributed by atoms with Gasteiger partial charge in [0, 0.05) is 12.8 Å². The number of carbonyl (C=O) groups excluding carboxylic acids is 1. The lowest BCUT2D eigenvalue weighted by Crippen LogP contribution is -2.08. The second-order valence-corrected chi connectivity index (χ2v) is 6.93. The van der Waals surface area contributed by atoms with E-state index in [4.69, 9.17) is 0 Å². The van der Waals surface area contributed by atoms with E-state index in [1.807, 2.05) is 30.3 Å². The molecule has 0 saturated carbocycles. The largest absolute Gasteiger partial charge is 0.300 e. The summed E-state index contributed by atoms with van der Waals surface area (Å²) in [4.78, 5) is 11.5. The Hall–Kier alpha value is -1.68. The molecule has 0 aliphatic heterocycles. The molecule has 0 amide bonds. The molecule has 0 unspecified atom stereocenters. The minimum Gasteiger partial charge on any atom is -0.300 e. The molecule has 106 valence electrons. The summed E-state index contributed by atoms with van der Waals surface area (Å²) in [5, 5.41) is 1.94. The number of rotatable bonds is 6. The van der Waals surface area contributed by atoms with E-state index in [0.29, 0.717) is 24.2 Å². The molecule has 3 nitrogen and oxygen atoms in total. The van der Waals surface area contributed by atoms with Crippen LogP contribution in [0.3, 0.4) is 0 Å². The standard InChI is InChI=1S/C16H18O3S/c1-2-15(17)8-5-11-20(18,19)16-10-9-13-6-3-4-7-14(13)12-16/h3-4,6-7,9-10,12H,2,5,8,11H2,1H3. The lowest BCUT2D eigenvalue weighted by Gasteiger charge is -2.05. The van der Waals surface area contributed by atoms with Crippen molar-refractivity contribution in [3.8, 4) is 0 Å². The predicted octanol–water partition coefficient (Wildman–Crippen LogP) is 3.37. The van der Waals surface area contributed by atoms with E-state index >= 15 is 0 Å². The molecule has 0 aromatic heterocycles. The molecule has 0 fully saturated rings. The van der Waals surface area contributed by atoms with E-state index in [1.165, 1.54) is 0 Å². The summed E-state index contributed by atoms with van der Waals surface area (Å²) in [5.41, 5.74) is 0. The number of fused-ring (bicyclic) bond motifs is 1. The summed E-state index contributed by atoms with van der Waals surface area (Å²) in [6, 6.07) is 12.8. The predicted molar refractivity (Wildman–Crippen MR) is 80.5 cm³/mol. The Bertz CT molecular complexity index is 717. The van der Waals surface area contributed by atoms with Gasteiger partial charge in [-0.3, -0.25) is 4.79 Å². The highest BCUT2D eigenvalue weighted by Crippen LogP contribution is 2.20. The molecule has 0 radical (unpaired) electrons. The van der Waals surface area contributed by atoms with Gasteiger partial charge < -0.3 is 0 Å². The summed E-state index contributed by atoms with van der Waals surface area (Å²) < 4.78 is 24.5. The SMILES string of the molecule is CCC(=O)CCCS(=O)(=O)c1ccc2ccccc2c1. The molecule has 2 rings (SSSR count). The van der Waals surface area contributed by atoms with Crippen molar-refractivity contribution in [2.75, 3.05) is 5.75 Å². The van der Waals surface area contributed by atoms with Crippen LogP contribution in [0.4, 0.5) is 0 Å². The van der Waals surface area contributed by atoms with Crippen LogP contribution in [0.5, 0.6) is 0 Å². The Morgan fingerprint density at radius 2 is 1.75 bits per heavy atom. The van der Waals surface area contributed by atoms with Crippen molar-refractivity contribution >= 4 is 26.4 Å². The van der Waals surface area contributed by atoms with Crippen molar-refractivity contribution in [3.63, 3.8) is 0 Å². The summed E-state index contributed by atoms with van der Waals surface area (Å²) in [6.45, 7) is 1.79. The summed E-state index contributed by atoms with van der Waals surface area (Å²) >= 11 is 0. The van der Waals surface area contributed by atoms with Gasteiger partial charge in [-0.2, -0.15) is 0 Å². The number of carbonyl (C=O) groups is 1. The minimum atomic E-state index is -3.31. The summed E-state index contributed by atoms with van der Waals surface area (Å²) in [5.74, 6) is 0.135. The van der Waals surface area contributed by atoms with Gasteiger partial charge in [0.2, 0.25) is 0 Å². The van der Waals surface area contributed by atoms with Crippen molar-refractivity contribution < 1.29 is 13.2 Å². The highest BCUT2D eigenvalue weighted by Gasteiger charge is 2.15. The lowest BCUT2D eigenvalue weighted by molar-refractivity contribution is -0.118. The highest BCUT2D eigenvalue weighted by atomic mass is 32.2. The first-order valence-electron chi connectivity index (χ1n) is 6.76. The number of sulfone groups is 1. The molecule has 4 heteroatoms. The topological polar surface area (TPSA) is 51.2 Å².